The van der Waals surface area contributed by atoms with Crippen molar-refractivity contribution >= 4 is 17.5 Å². The van der Waals surface area contributed by atoms with Crippen LogP contribution in [0, 0.1) is 40.4 Å². The van der Waals surface area contributed by atoms with Gasteiger partial charge < -0.3 is 4.74 Å². The maximum atomic E-state index is 16.1. The van der Waals surface area contributed by atoms with Crippen molar-refractivity contribution in [1.82, 2.24) is 0 Å². The lowest BCUT2D eigenvalue weighted by molar-refractivity contribution is -0.190. The first-order valence-electron chi connectivity index (χ1n) is 10.8. The normalized spacial score (nSPS) is 51.9. The molecule has 156 valence electrons. The van der Waals surface area contributed by atoms with E-state index < -0.39 is 23.2 Å². The highest BCUT2D eigenvalue weighted by Crippen LogP contribution is 2.71. The van der Waals surface area contributed by atoms with Crippen molar-refractivity contribution in [3.8, 4) is 0 Å². The number of ether oxygens (including phenoxy) is 1. The molecule has 0 aromatic carbocycles. The second-order valence-electron chi connectivity index (χ2n) is 10.5. The number of alkyl halides is 1. The van der Waals surface area contributed by atoms with Gasteiger partial charge in [-0.1, -0.05) is 26.0 Å². The maximum absolute atomic E-state index is 16.1. The van der Waals surface area contributed by atoms with Gasteiger partial charge in [0.2, 0.25) is 0 Å². The fourth-order valence-corrected chi connectivity index (χ4v) is 8.00. The van der Waals surface area contributed by atoms with Crippen LogP contribution in [0.1, 0.15) is 53.4 Å². The van der Waals surface area contributed by atoms with Crippen LogP contribution < -0.4 is 0 Å². The molecule has 0 N–H and O–H groups in total. The Balaban J connectivity index is 1.60. The van der Waals surface area contributed by atoms with E-state index in [4.69, 9.17) is 4.74 Å². The Morgan fingerprint density at radius 3 is 2.59 bits per heavy atom. The Kier molecular flexibility index (Phi) is 3.76. The van der Waals surface area contributed by atoms with E-state index in [1.165, 1.54) is 13.8 Å². The van der Waals surface area contributed by atoms with Crippen LogP contribution in [-0.2, 0) is 19.1 Å². The summed E-state index contributed by atoms with van der Waals surface area (Å²) in [6.07, 6.45) is 7.01. The van der Waals surface area contributed by atoms with Crippen LogP contribution in [0.2, 0.25) is 0 Å². The number of hydrogen-bond donors (Lipinski definition) is 0. The van der Waals surface area contributed by atoms with E-state index in [2.05, 4.69) is 13.0 Å². The molecule has 9 atom stereocenters. The molecule has 5 heteroatoms. The summed E-state index contributed by atoms with van der Waals surface area (Å²) in [4.78, 5) is 36.9. The minimum Gasteiger partial charge on any atom is -0.451 e. The fourth-order valence-electron chi connectivity index (χ4n) is 8.00. The molecule has 29 heavy (non-hydrogen) atoms. The molecule has 3 fully saturated rings. The summed E-state index contributed by atoms with van der Waals surface area (Å²) >= 11 is 0. The van der Waals surface area contributed by atoms with Crippen LogP contribution in [0.5, 0.6) is 0 Å². The summed E-state index contributed by atoms with van der Waals surface area (Å²) in [6.45, 7) is 6.89. The molecule has 0 radical (unpaired) electrons. The summed E-state index contributed by atoms with van der Waals surface area (Å²) in [7, 11) is 0. The number of allylic oxidation sites excluding steroid dienone is 4. The zero-order valence-electron chi connectivity index (χ0n) is 17.5. The maximum Gasteiger partial charge on any atom is 0.303 e. The van der Waals surface area contributed by atoms with E-state index in [0.717, 1.165) is 18.4 Å². The molecule has 0 unspecified atom stereocenters. The van der Waals surface area contributed by atoms with E-state index in [0.29, 0.717) is 6.42 Å². The number of carbonyl (C=O) groups excluding carboxylic acids is 3. The zero-order valence-corrected chi connectivity index (χ0v) is 17.5. The van der Waals surface area contributed by atoms with E-state index in [9.17, 15) is 14.4 Å². The van der Waals surface area contributed by atoms with Gasteiger partial charge in [0.05, 0.1) is 0 Å². The van der Waals surface area contributed by atoms with Gasteiger partial charge in [-0.05, 0) is 62.0 Å². The SMILES string of the molecule is CC(=O)O[C@]1(C(C)=O)CC[C@H]2[C@@H]3C=CC4=CC(=O)[C@@H]5C[C@@H]5[C@]4(C)[C@H]3[C@@H](F)C[C@@]21C. The van der Waals surface area contributed by atoms with Crippen molar-refractivity contribution in [3.05, 3.63) is 23.8 Å². The lowest BCUT2D eigenvalue weighted by Gasteiger charge is -2.58. The van der Waals surface area contributed by atoms with Gasteiger partial charge in [-0.3, -0.25) is 14.4 Å². The van der Waals surface area contributed by atoms with Crippen LogP contribution in [0.15, 0.2) is 23.8 Å². The second-order valence-corrected chi connectivity index (χ2v) is 10.5. The standard InChI is InChI=1S/C24H29FO4/c1-12(26)24(29-13(2)27)8-7-17-15-6-5-14-9-20(28)16-10-18(16)23(14,4)21(15)19(25)11-22(17,24)3/h5-6,9,15-19,21H,7-8,10-11H2,1-4H3/t15-,16+,17-,18-,19-,21+,22-,23+,24-/m0/s1. The summed E-state index contributed by atoms with van der Waals surface area (Å²) in [6, 6.07) is 0. The highest BCUT2D eigenvalue weighted by atomic mass is 19.1. The van der Waals surface area contributed by atoms with Gasteiger partial charge in [-0.2, -0.15) is 0 Å². The van der Waals surface area contributed by atoms with Gasteiger partial charge in [0, 0.05) is 29.6 Å². The van der Waals surface area contributed by atoms with Gasteiger partial charge in [0.1, 0.15) is 6.17 Å². The van der Waals surface area contributed by atoms with Crippen molar-refractivity contribution in [2.75, 3.05) is 0 Å². The number of carbonyl (C=O) groups is 3. The Bertz CT molecular complexity index is 889. The molecule has 0 saturated heterocycles. The predicted octanol–water partition coefficient (Wildman–Crippen LogP) is 3.99. The van der Waals surface area contributed by atoms with E-state index in [1.807, 2.05) is 13.0 Å². The zero-order chi connectivity index (χ0) is 20.9. The summed E-state index contributed by atoms with van der Waals surface area (Å²) < 4.78 is 21.8. The highest BCUT2D eigenvalue weighted by Gasteiger charge is 2.72. The molecule has 0 bridgehead atoms. The van der Waals surface area contributed by atoms with Gasteiger partial charge in [-0.25, -0.2) is 4.39 Å². The third-order valence-corrected chi connectivity index (χ3v) is 9.36. The van der Waals surface area contributed by atoms with Crippen LogP contribution in [-0.4, -0.2) is 29.3 Å². The number of halogens is 1. The quantitative estimate of drug-likeness (QED) is 0.658. The molecular formula is C24H29FO4. The Morgan fingerprint density at radius 2 is 1.93 bits per heavy atom. The van der Waals surface area contributed by atoms with E-state index >= 15 is 4.39 Å². The lowest BCUT2D eigenvalue weighted by atomic mass is 9.47. The molecule has 3 saturated carbocycles. The average molecular weight is 400 g/mol. The Labute approximate surface area is 170 Å². The average Bonchev–Trinajstić information content (AvgIpc) is 3.38. The number of Topliss-reactive ketones (excluding diaryl/α,β-unsaturated/α-hetero) is 1. The van der Waals surface area contributed by atoms with Crippen molar-refractivity contribution in [2.45, 2.75) is 65.2 Å². The number of rotatable bonds is 2. The molecule has 5 rings (SSSR count). The number of fused-ring (bicyclic) bond motifs is 7. The fraction of sp³-hybridized carbons (Fsp3) is 0.708. The Hall–Kier alpha value is -1.78. The minimum absolute atomic E-state index is 0.0165. The molecule has 0 aliphatic heterocycles. The largest absolute Gasteiger partial charge is 0.451 e. The molecule has 0 amide bonds. The monoisotopic (exact) mass is 400 g/mol. The smallest absolute Gasteiger partial charge is 0.303 e. The van der Waals surface area contributed by atoms with E-state index in [1.54, 1.807) is 6.08 Å². The molecule has 5 aliphatic carbocycles. The van der Waals surface area contributed by atoms with Crippen molar-refractivity contribution in [3.63, 3.8) is 0 Å². The summed E-state index contributed by atoms with van der Waals surface area (Å²) in [5.41, 5.74) is -1.32. The van der Waals surface area contributed by atoms with Crippen molar-refractivity contribution in [1.29, 1.82) is 0 Å². The topological polar surface area (TPSA) is 60.4 Å². The van der Waals surface area contributed by atoms with Crippen molar-refractivity contribution in [2.24, 2.45) is 40.4 Å². The van der Waals surface area contributed by atoms with Gasteiger partial charge in [0.15, 0.2) is 17.2 Å². The molecule has 0 spiro atoms. The van der Waals surface area contributed by atoms with Crippen LogP contribution in [0.25, 0.3) is 0 Å². The number of hydrogen-bond acceptors (Lipinski definition) is 4. The number of ketones is 2. The number of esters is 1. The van der Waals surface area contributed by atoms with Gasteiger partial charge >= 0.3 is 5.97 Å². The third kappa shape index (κ3) is 2.17. The molecule has 5 aliphatic rings. The van der Waals surface area contributed by atoms with Crippen LogP contribution in [0.4, 0.5) is 4.39 Å². The Morgan fingerprint density at radius 1 is 1.21 bits per heavy atom. The van der Waals surface area contributed by atoms with Crippen LogP contribution >= 0.6 is 0 Å². The highest BCUT2D eigenvalue weighted by molar-refractivity contribution is 5.97. The molecule has 4 nitrogen and oxygen atoms in total. The first-order valence-corrected chi connectivity index (χ1v) is 10.8. The van der Waals surface area contributed by atoms with Crippen molar-refractivity contribution < 1.29 is 23.5 Å². The first-order chi connectivity index (χ1) is 13.6. The predicted molar refractivity (Wildman–Crippen MR) is 104 cm³/mol. The summed E-state index contributed by atoms with van der Waals surface area (Å²) in [5.74, 6) is -0.333. The molecule has 0 aromatic heterocycles. The minimum atomic E-state index is -1.24. The first kappa shape index (κ1) is 19.2. The van der Waals surface area contributed by atoms with E-state index in [-0.39, 0.29) is 53.0 Å². The molecular weight excluding hydrogens is 371 g/mol. The van der Waals surface area contributed by atoms with Crippen LogP contribution in [0.3, 0.4) is 0 Å². The summed E-state index contributed by atoms with van der Waals surface area (Å²) in [5, 5.41) is 0. The second kappa shape index (κ2) is 5.67. The lowest BCUT2D eigenvalue weighted by Crippen LogP contribution is -2.61. The third-order valence-electron chi connectivity index (χ3n) is 9.36. The van der Waals surface area contributed by atoms with Gasteiger partial charge in [0.25, 0.3) is 0 Å². The molecule has 0 aromatic rings. The molecule has 0 heterocycles. The van der Waals surface area contributed by atoms with Gasteiger partial charge in [-0.15, -0.1) is 0 Å².